The van der Waals surface area contributed by atoms with E-state index in [-0.39, 0.29) is 0 Å². The molecule has 0 bridgehead atoms. The fraction of sp³-hybridized carbons (Fsp3) is 0.583. The summed E-state index contributed by atoms with van der Waals surface area (Å²) < 4.78 is 5.60. The maximum atomic E-state index is 5.78. The first-order chi connectivity index (χ1) is 7.75. The van der Waals surface area contributed by atoms with Crippen molar-refractivity contribution in [2.45, 2.75) is 19.8 Å². The Balaban J connectivity index is 1.82. The topological polar surface area (TPSA) is 51.4 Å². The molecule has 4 heteroatoms. The van der Waals surface area contributed by atoms with Crippen molar-refractivity contribution in [3.8, 4) is 5.88 Å². The number of ether oxygens (including phenoxy) is 1. The molecular weight excluding hydrogens is 202 g/mol. The summed E-state index contributed by atoms with van der Waals surface area (Å²) in [6.07, 6.45) is 2.62. The van der Waals surface area contributed by atoms with Crippen LogP contribution in [0.3, 0.4) is 0 Å². The van der Waals surface area contributed by atoms with E-state index >= 15 is 0 Å². The van der Waals surface area contributed by atoms with Crippen molar-refractivity contribution >= 4 is 5.69 Å². The van der Waals surface area contributed by atoms with Gasteiger partial charge in [0.05, 0.1) is 5.69 Å². The fourth-order valence-electron chi connectivity index (χ4n) is 1.94. The van der Waals surface area contributed by atoms with Gasteiger partial charge in [-0.25, -0.2) is 4.98 Å². The molecule has 2 N–H and O–H groups in total. The van der Waals surface area contributed by atoms with Crippen LogP contribution in [0.4, 0.5) is 5.69 Å². The molecule has 4 nitrogen and oxygen atoms in total. The lowest BCUT2D eigenvalue weighted by atomic mass is 10.3. The molecule has 1 aromatic rings. The Kier molecular flexibility index (Phi) is 3.62. The molecule has 1 aliphatic rings. The lowest BCUT2D eigenvalue weighted by molar-refractivity contribution is 0.232. The largest absolute Gasteiger partial charge is 0.475 e. The first kappa shape index (κ1) is 11.2. The quantitative estimate of drug-likeness (QED) is 0.836. The maximum Gasteiger partial charge on any atom is 0.237 e. The monoisotopic (exact) mass is 221 g/mol. The smallest absolute Gasteiger partial charge is 0.237 e. The van der Waals surface area contributed by atoms with Crippen LogP contribution in [0.1, 0.15) is 18.5 Å². The van der Waals surface area contributed by atoms with Gasteiger partial charge in [0.25, 0.3) is 0 Å². The zero-order valence-electron chi connectivity index (χ0n) is 9.78. The second-order valence-corrected chi connectivity index (χ2v) is 4.24. The summed E-state index contributed by atoms with van der Waals surface area (Å²) in [5.41, 5.74) is 7.34. The summed E-state index contributed by atoms with van der Waals surface area (Å²) in [5.74, 6) is 0.569. The number of likely N-dealkylation sites (tertiary alicyclic amines) is 1. The van der Waals surface area contributed by atoms with Crippen molar-refractivity contribution < 1.29 is 4.74 Å². The first-order valence-corrected chi connectivity index (χ1v) is 5.84. The molecule has 0 radical (unpaired) electrons. The molecule has 0 unspecified atom stereocenters. The average molecular weight is 221 g/mol. The van der Waals surface area contributed by atoms with Gasteiger partial charge in [-0.15, -0.1) is 0 Å². The van der Waals surface area contributed by atoms with E-state index in [9.17, 15) is 0 Å². The van der Waals surface area contributed by atoms with E-state index in [1.165, 1.54) is 25.9 Å². The third kappa shape index (κ3) is 2.85. The van der Waals surface area contributed by atoms with Crippen molar-refractivity contribution in [3.05, 3.63) is 17.8 Å². The van der Waals surface area contributed by atoms with Gasteiger partial charge >= 0.3 is 0 Å². The second kappa shape index (κ2) is 5.16. The Bertz CT molecular complexity index is 348. The predicted octanol–water partition coefficient (Wildman–Crippen LogP) is 1.45. The predicted molar refractivity (Wildman–Crippen MR) is 64.6 cm³/mol. The highest BCUT2D eigenvalue weighted by atomic mass is 16.5. The summed E-state index contributed by atoms with van der Waals surface area (Å²) >= 11 is 0. The molecule has 1 saturated heterocycles. The normalized spacial score (nSPS) is 16.6. The van der Waals surface area contributed by atoms with Crippen LogP contribution >= 0.6 is 0 Å². The van der Waals surface area contributed by atoms with Gasteiger partial charge in [-0.05, 0) is 45.0 Å². The highest BCUT2D eigenvalue weighted by Crippen LogP contribution is 2.18. The lowest BCUT2D eigenvalue weighted by Gasteiger charge is -2.15. The van der Waals surface area contributed by atoms with Crippen molar-refractivity contribution in [1.29, 1.82) is 0 Å². The molecule has 0 aromatic carbocycles. The van der Waals surface area contributed by atoms with Crippen LogP contribution in [0.25, 0.3) is 0 Å². The third-order valence-electron chi connectivity index (χ3n) is 2.87. The van der Waals surface area contributed by atoms with E-state index in [2.05, 4.69) is 9.88 Å². The van der Waals surface area contributed by atoms with E-state index in [4.69, 9.17) is 10.5 Å². The van der Waals surface area contributed by atoms with Crippen LogP contribution in [0, 0.1) is 6.92 Å². The molecule has 2 rings (SSSR count). The zero-order valence-corrected chi connectivity index (χ0v) is 9.78. The Morgan fingerprint density at radius 2 is 2.12 bits per heavy atom. The minimum absolute atomic E-state index is 0.569. The summed E-state index contributed by atoms with van der Waals surface area (Å²) in [6.45, 7) is 5.96. The second-order valence-electron chi connectivity index (χ2n) is 4.24. The minimum atomic E-state index is 0.569. The van der Waals surface area contributed by atoms with Gasteiger partial charge in [-0.2, -0.15) is 0 Å². The van der Waals surface area contributed by atoms with Crippen LogP contribution in [-0.2, 0) is 0 Å². The fourth-order valence-corrected chi connectivity index (χ4v) is 1.94. The Hall–Kier alpha value is -1.29. The number of nitrogens with zero attached hydrogens (tertiary/aromatic N) is 2. The van der Waals surface area contributed by atoms with Gasteiger partial charge < -0.3 is 10.5 Å². The maximum absolute atomic E-state index is 5.78. The zero-order chi connectivity index (χ0) is 11.4. The summed E-state index contributed by atoms with van der Waals surface area (Å²) in [4.78, 5) is 6.68. The van der Waals surface area contributed by atoms with Crippen molar-refractivity contribution in [1.82, 2.24) is 9.88 Å². The van der Waals surface area contributed by atoms with Crippen molar-refractivity contribution in [2.24, 2.45) is 0 Å². The standard InChI is InChI=1S/C12H19N3O/c1-10-4-5-11(13)12(14-10)16-9-8-15-6-2-3-7-15/h4-5H,2-3,6-9,13H2,1H3. The Labute approximate surface area is 96.4 Å². The van der Waals surface area contributed by atoms with Gasteiger partial charge in [-0.1, -0.05) is 0 Å². The van der Waals surface area contributed by atoms with E-state index in [0.717, 1.165) is 12.2 Å². The van der Waals surface area contributed by atoms with Crippen molar-refractivity contribution in [3.63, 3.8) is 0 Å². The number of pyridine rings is 1. The Morgan fingerprint density at radius 1 is 1.38 bits per heavy atom. The molecule has 88 valence electrons. The molecule has 0 spiro atoms. The number of anilines is 1. The molecule has 0 saturated carbocycles. The highest BCUT2D eigenvalue weighted by molar-refractivity contribution is 5.48. The average Bonchev–Trinajstić information content (AvgIpc) is 2.76. The van der Waals surface area contributed by atoms with Crippen LogP contribution < -0.4 is 10.5 Å². The molecule has 1 aliphatic heterocycles. The van der Waals surface area contributed by atoms with Crippen LogP contribution in [0.2, 0.25) is 0 Å². The van der Waals surface area contributed by atoms with Crippen molar-refractivity contribution in [2.75, 3.05) is 32.0 Å². The molecule has 16 heavy (non-hydrogen) atoms. The van der Waals surface area contributed by atoms with Gasteiger partial charge in [0.2, 0.25) is 5.88 Å². The summed E-state index contributed by atoms with van der Waals surface area (Å²) in [5, 5.41) is 0. The SMILES string of the molecule is Cc1ccc(N)c(OCCN2CCCC2)n1. The van der Waals surface area contributed by atoms with Crippen LogP contribution in [-0.4, -0.2) is 36.1 Å². The first-order valence-electron chi connectivity index (χ1n) is 5.84. The highest BCUT2D eigenvalue weighted by Gasteiger charge is 2.11. The van der Waals surface area contributed by atoms with Crippen LogP contribution in [0.15, 0.2) is 12.1 Å². The van der Waals surface area contributed by atoms with E-state index in [0.29, 0.717) is 18.2 Å². The van der Waals surface area contributed by atoms with E-state index < -0.39 is 0 Å². The van der Waals surface area contributed by atoms with Gasteiger partial charge in [0.1, 0.15) is 6.61 Å². The van der Waals surface area contributed by atoms with Crippen LogP contribution in [0.5, 0.6) is 5.88 Å². The van der Waals surface area contributed by atoms with E-state index in [1.54, 1.807) is 0 Å². The van der Waals surface area contributed by atoms with Gasteiger partial charge in [-0.3, -0.25) is 4.90 Å². The number of hydrogen-bond acceptors (Lipinski definition) is 4. The molecule has 2 heterocycles. The Morgan fingerprint density at radius 3 is 2.88 bits per heavy atom. The summed E-state index contributed by atoms with van der Waals surface area (Å²) in [7, 11) is 0. The number of aryl methyl sites for hydroxylation is 1. The van der Waals surface area contributed by atoms with E-state index in [1.807, 2.05) is 19.1 Å². The molecular formula is C12H19N3O. The molecule has 0 atom stereocenters. The van der Waals surface area contributed by atoms with Gasteiger partial charge in [0, 0.05) is 12.2 Å². The third-order valence-corrected chi connectivity index (χ3v) is 2.87. The minimum Gasteiger partial charge on any atom is -0.475 e. The molecule has 0 amide bonds. The number of nitrogens with two attached hydrogens (primary N) is 1. The lowest BCUT2D eigenvalue weighted by Crippen LogP contribution is -2.25. The number of hydrogen-bond donors (Lipinski definition) is 1. The van der Waals surface area contributed by atoms with Gasteiger partial charge in [0.15, 0.2) is 0 Å². The molecule has 0 aliphatic carbocycles. The number of nitrogen functional groups attached to an aromatic ring is 1. The summed E-state index contributed by atoms with van der Waals surface area (Å²) in [6, 6.07) is 3.73. The molecule has 1 aromatic heterocycles. The number of aromatic nitrogens is 1. The number of rotatable bonds is 4. The molecule has 1 fully saturated rings.